The summed E-state index contributed by atoms with van der Waals surface area (Å²) in [5.74, 6) is -0.226. The van der Waals surface area contributed by atoms with Gasteiger partial charge in [0.2, 0.25) is 0 Å². The molecule has 0 radical (unpaired) electrons. The van der Waals surface area contributed by atoms with Crippen LogP contribution < -0.4 is 5.32 Å². The van der Waals surface area contributed by atoms with Gasteiger partial charge in [0.05, 0.1) is 0 Å². The second kappa shape index (κ2) is 13.8. The summed E-state index contributed by atoms with van der Waals surface area (Å²) >= 11 is 0. The first kappa shape index (κ1) is 23.0. The molecule has 1 aliphatic rings. The van der Waals surface area contributed by atoms with Crippen LogP contribution in [-0.2, 0) is 11.3 Å². The standard InChI is InChI=1S/C25H37N3O/c1-2-28(20-22-15-11-10-12-16-22)21-23(19-26)25(29)27-24-17-13-8-6-4-3-5-7-9-14-18-24/h10-12,15-16,21,24H,2-9,13-14,17-18,20H2,1H3,(H,27,29)/b23-21-. The van der Waals surface area contributed by atoms with E-state index in [0.29, 0.717) is 6.54 Å². The Bertz CT molecular complexity index is 650. The molecule has 1 N–H and O–H groups in total. The number of nitriles is 1. The van der Waals surface area contributed by atoms with Crippen molar-refractivity contribution >= 4 is 5.91 Å². The molecule has 0 heterocycles. The zero-order valence-electron chi connectivity index (χ0n) is 18.0. The highest BCUT2D eigenvalue weighted by atomic mass is 16.1. The molecule has 4 nitrogen and oxygen atoms in total. The lowest BCUT2D eigenvalue weighted by Crippen LogP contribution is -2.36. The Morgan fingerprint density at radius 1 is 1.03 bits per heavy atom. The summed E-state index contributed by atoms with van der Waals surface area (Å²) in [4.78, 5) is 14.8. The number of rotatable bonds is 6. The molecule has 0 aromatic heterocycles. The van der Waals surface area contributed by atoms with Crippen molar-refractivity contribution < 1.29 is 4.79 Å². The number of nitrogens with one attached hydrogen (secondary N) is 1. The third-order valence-corrected chi connectivity index (χ3v) is 5.75. The molecule has 0 saturated heterocycles. The predicted octanol–water partition coefficient (Wildman–Crippen LogP) is 5.71. The van der Waals surface area contributed by atoms with Gasteiger partial charge in [0, 0.05) is 25.3 Å². The number of carbonyl (C=O) groups excluding carboxylic acids is 1. The summed E-state index contributed by atoms with van der Waals surface area (Å²) in [6, 6.07) is 12.4. The van der Waals surface area contributed by atoms with Crippen LogP contribution in [0.4, 0.5) is 0 Å². The Balaban J connectivity index is 1.96. The summed E-state index contributed by atoms with van der Waals surface area (Å²) in [6.07, 6.45) is 15.2. The second-order valence-corrected chi connectivity index (χ2v) is 8.13. The van der Waals surface area contributed by atoms with Crippen molar-refractivity contribution in [1.82, 2.24) is 10.2 Å². The molecule has 0 bridgehead atoms. The van der Waals surface area contributed by atoms with E-state index in [-0.39, 0.29) is 17.5 Å². The van der Waals surface area contributed by atoms with Crippen LogP contribution in [-0.4, -0.2) is 23.4 Å². The molecule has 29 heavy (non-hydrogen) atoms. The van der Waals surface area contributed by atoms with Crippen LogP contribution in [0, 0.1) is 11.3 Å². The molecule has 0 spiro atoms. The minimum atomic E-state index is -0.226. The van der Waals surface area contributed by atoms with Gasteiger partial charge in [-0.15, -0.1) is 0 Å². The Labute approximate surface area is 177 Å². The summed E-state index contributed by atoms with van der Waals surface area (Å²) < 4.78 is 0. The van der Waals surface area contributed by atoms with Crippen LogP contribution in [0.15, 0.2) is 42.1 Å². The summed E-state index contributed by atoms with van der Waals surface area (Å²) in [5.41, 5.74) is 1.37. The van der Waals surface area contributed by atoms with Gasteiger partial charge in [-0.05, 0) is 25.3 Å². The fraction of sp³-hybridized carbons (Fsp3) is 0.600. The molecule has 1 aliphatic carbocycles. The first-order chi connectivity index (χ1) is 14.2. The molecule has 1 aromatic carbocycles. The minimum Gasteiger partial charge on any atom is -0.372 e. The highest BCUT2D eigenvalue weighted by molar-refractivity contribution is 5.97. The number of benzene rings is 1. The van der Waals surface area contributed by atoms with E-state index in [0.717, 1.165) is 32.2 Å². The van der Waals surface area contributed by atoms with Gasteiger partial charge in [-0.3, -0.25) is 4.79 Å². The fourth-order valence-corrected chi connectivity index (χ4v) is 3.96. The molecule has 1 fully saturated rings. The normalized spacial score (nSPS) is 17.4. The Kier molecular flexibility index (Phi) is 11.0. The molecule has 1 saturated carbocycles. The van der Waals surface area contributed by atoms with E-state index in [1.807, 2.05) is 30.0 Å². The fourth-order valence-electron chi connectivity index (χ4n) is 3.96. The van der Waals surface area contributed by atoms with E-state index >= 15 is 0 Å². The maximum absolute atomic E-state index is 12.8. The lowest BCUT2D eigenvalue weighted by Gasteiger charge is -2.21. The van der Waals surface area contributed by atoms with Gasteiger partial charge in [-0.25, -0.2) is 0 Å². The van der Waals surface area contributed by atoms with Gasteiger partial charge < -0.3 is 10.2 Å². The third-order valence-electron chi connectivity index (χ3n) is 5.75. The summed E-state index contributed by atoms with van der Waals surface area (Å²) in [7, 11) is 0. The van der Waals surface area contributed by atoms with E-state index in [9.17, 15) is 10.1 Å². The number of nitrogens with zero attached hydrogens (tertiary/aromatic N) is 2. The zero-order chi connectivity index (χ0) is 20.7. The molecular weight excluding hydrogens is 358 g/mol. The highest BCUT2D eigenvalue weighted by Gasteiger charge is 2.17. The Morgan fingerprint density at radius 2 is 1.59 bits per heavy atom. The molecule has 158 valence electrons. The molecule has 0 aliphatic heterocycles. The van der Waals surface area contributed by atoms with Crippen molar-refractivity contribution in [3.63, 3.8) is 0 Å². The highest BCUT2D eigenvalue weighted by Crippen LogP contribution is 2.17. The summed E-state index contributed by atoms with van der Waals surface area (Å²) in [5, 5.41) is 12.7. The van der Waals surface area contributed by atoms with Crippen molar-refractivity contribution in [1.29, 1.82) is 5.26 Å². The molecule has 0 atom stereocenters. The van der Waals surface area contributed by atoms with Crippen molar-refractivity contribution in [2.45, 2.75) is 90.1 Å². The van der Waals surface area contributed by atoms with Crippen LogP contribution >= 0.6 is 0 Å². The van der Waals surface area contributed by atoms with Crippen LogP contribution in [0.25, 0.3) is 0 Å². The monoisotopic (exact) mass is 395 g/mol. The van der Waals surface area contributed by atoms with Crippen molar-refractivity contribution in [2.75, 3.05) is 6.54 Å². The smallest absolute Gasteiger partial charge is 0.263 e. The van der Waals surface area contributed by atoms with E-state index in [1.165, 1.54) is 50.5 Å². The maximum Gasteiger partial charge on any atom is 0.263 e. The largest absolute Gasteiger partial charge is 0.372 e. The van der Waals surface area contributed by atoms with E-state index in [1.54, 1.807) is 6.20 Å². The number of amides is 1. The topological polar surface area (TPSA) is 56.1 Å². The van der Waals surface area contributed by atoms with E-state index in [4.69, 9.17) is 0 Å². The predicted molar refractivity (Wildman–Crippen MR) is 119 cm³/mol. The van der Waals surface area contributed by atoms with Gasteiger partial charge in [0.15, 0.2) is 0 Å². The second-order valence-electron chi connectivity index (χ2n) is 8.13. The quantitative estimate of drug-likeness (QED) is 0.496. The zero-order valence-corrected chi connectivity index (χ0v) is 18.0. The molecule has 1 aromatic rings. The third kappa shape index (κ3) is 9.17. The molecule has 0 unspecified atom stereocenters. The molecular formula is C25H37N3O. The van der Waals surface area contributed by atoms with Gasteiger partial charge in [-0.2, -0.15) is 5.26 Å². The van der Waals surface area contributed by atoms with Gasteiger partial charge in [0.25, 0.3) is 5.91 Å². The van der Waals surface area contributed by atoms with E-state index in [2.05, 4.69) is 23.5 Å². The number of hydrogen-bond donors (Lipinski definition) is 1. The Hall–Kier alpha value is -2.28. The maximum atomic E-state index is 12.8. The van der Waals surface area contributed by atoms with Gasteiger partial charge in [-0.1, -0.05) is 88.1 Å². The Morgan fingerprint density at radius 3 is 2.10 bits per heavy atom. The van der Waals surface area contributed by atoms with Gasteiger partial charge >= 0.3 is 0 Å². The lowest BCUT2D eigenvalue weighted by atomic mass is 9.97. The first-order valence-electron chi connectivity index (χ1n) is 11.4. The SMILES string of the molecule is CCN(/C=C(/C#N)C(=O)NC1CCCCCCCCCCC1)Cc1ccccc1. The average molecular weight is 396 g/mol. The van der Waals surface area contributed by atoms with Crippen LogP contribution in [0.3, 0.4) is 0 Å². The number of hydrogen-bond acceptors (Lipinski definition) is 3. The lowest BCUT2D eigenvalue weighted by molar-refractivity contribution is -0.118. The molecule has 2 rings (SSSR count). The average Bonchev–Trinajstić information content (AvgIpc) is 2.73. The summed E-state index contributed by atoms with van der Waals surface area (Å²) in [6.45, 7) is 3.48. The molecule has 1 amide bonds. The van der Waals surface area contributed by atoms with E-state index < -0.39 is 0 Å². The van der Waals surface area contributed by atoms with Crippen molar-refractivity contribution in [3.8, 4) is 6.07 Å². The van der Waals surface area contributed by atoms with Crippen LogP contribution in [0.2, 0.25) is 0 Å². The molecule has 4 heteroatoms. The van der Waals surface area contributed by atoms with Crippen LogP contribution in [0.5, 0.6) is 0 Å². The van der Waals surface area contributed by atoms with Crippen molar-refractivity contribution in [2.24, 2.45) is 0 Å². The van der Waals surface area contributed by atoms with Crippen LogP contribution in [0.1, 0.15) is 83.1 Å². The number of carbonyl (C=O) groups is 1. The van der Waals surface area contributed by atoms with Gasteiger partial charge in [0.1, 0.15) is 11.6 Å². The first-order valence-corrected chi connectivity index (χ1v) is 11.4. The van der Waals surface area contributed by atoms with Crippen molar-refractivity contribution in [3.05, 3.63) is 47.7 Å². The minimum absolute atomic E-state index is 0.183.